The lowest BCUT2D eigenvalue weighted by Crippen LogP contribution is -1.91. The molecule has 0 spiro atoms. The van der Waals surface area contributed by atoms with Gasteiger partial charge in [0.2, 0.25) is 0 Å². The zero-order valence-corrected chi connectivity index (χ0v) is 13.9. The van der Waals surface area contributed by atoms with Gasteiger partial charge in [-0.1, -0.05) is 29.8 Å². The average molecular weight is 309 g/mol. The molecule has 0 saturated heterocycles. The number of aryl methyl sites for hydroxylation is 2. The van der Waals surface area contributed by atoms with Crippen molar-refractivity contribution in [3.8, 4) is 11.4 Å². The van der Waals surface area contributed by atoms with Crippen molar-refractivity contribution in [3.05, 3.63) is 65.0 Å². The Kier molecular flexibility index (Phi) is 4.29. The molecule has 3 rings (SSSR count). The number of nitrogens with zero attached hydrogens (tertiary/aromatic N) is 2. The molecule has 2 aromatic carbocycles. The molecule has 1 aromatic heterocycles. The zero-order valence-electron chi connectivity index (χ0n) is 13.1. The standard InChI is InChI=1S/C18H19N3S/c1-12-4-6-15(7-5-12)10-22-17-9-16(8-13(2)14(17)3)18-19-11-20-21-18/h4-9,11H,10H2,1-3H3,(H,19,20,21). The van der Waals surface area contributed by atoms with Gasteiger partial charge in [0.15, 0.2) is 5.82 Å². The van der Waals surface area contributed by atoms with E-state index in [9.17, 15) is 0 Å². The second kappa shape index (κ2) is 6.36. The summed E-state index contributed by atoms with van der Waals surface area (Å²) in [5, 5.41) is 6.88. The van der Waals surface area contributed by atoms with Crippen LogP contribution in [0.15, 0.2) is 47.6 Å². The fourth-order valence-electron chi connectivity index (χ4n) is 2.30. The van der Waals surface area contributed by atoms with Crippen molar-refractivity contribution in [2.45, 2.75) is 31.4 Å². The van der Waals surface area contributed by atoms with E-state index in [1.165, 1.54) is 27.1 Å². The van der Waals surface area contributed by atoms with Crippen LogP contribution in [0.5, 0.6) is 0 Å². The summed E-state index contributed by atoms with van der Waals surface area (Å²) in [6, 6.07) is 13.1. The Morgan fingerprint density at radius 3 is 2.50 bits per heavy atom. The van der Waals surface area contributed by atoms with Crippen LogP contribution < -0.4 is 0 Å². The summed E-state index contributed by atoms with van der Waals surface area (Å²) in [7, 11) is 0. The number of hydrogen-bond acceptors (Lipinski definition) is 3. The molecule has 4 heteroatoms. The number of rotatable bonds is 4. The lowest BCUT2D eigenvalue weighted by atomic mass is 10.1. The maximum absolute atomic E-state index is 4.25. The molecule has 0 aliphatic heterocycles. The van der Waals surface area contributed by atoms with Gasteiger partial charge in [-0.25, -0.2) is 4.98 Å². The van der Waals surface area contributed by atoms with Crippen LogP contribution in [0.1, 0.15) is 22.3 Å². The molecule has 0 aliphatic rings. The first-order valence-electron chi connectivity index (χ1n) is 7.29. The van der Waals surface area contributed by atoms with Gasteiger partial charge < -0.3 is 0 Å². The van der Waals surface area contributed by atoms with E-state index in [1.54, 1.807) is 6.33 Å². The Balaban J connectivity index is 1.85. The van der Waals surface area contributed by atoms with Crippen molar-refractivity contribution >= 4 is 11.8 Å². The van der Waals surface area contributed by atoms with Gasteiger partial charge in [0.05, 0.1) is 0 Å². The molecule has 0 saturated carbocycles. The number of H-pyrrole nitrogens is 1. The van der Waals surface area contributed by atoms with E-state index < -0.39 is 0 Å². The molecule has 3 nitrogen and oxygen atoms in total. The largest absolute Gasteiger partial charge is 0.259 e. The van der Waals surface area contributed by atoms with Gasteiger partial charge in [-0.2, -0.15) is 5.10 Å². The van der Waals surface area contributed by atoms with Gasteiger partial charge in [-0.15, -0.1) is 11.8 Å². The minimum atomic E-state index is 0.820. The molecule has 22 heavy (non-hydrogen) atoms. The predicted octanol–water partition coefficient (Wildman–Crippen LogP) is 4.69. The lowest BCUT2D eigenvalue weighted by molar-refractivity contribution is 1.09. The van der Waals surface area contributed by atoms with Crippen LogP contribution >= 0.6 is 11.8 Å². The summed E-state index contributed by atoms with van der Waals surface area (Å²) in [5.74, 6) is 1.79. The van der Waals surface area contributed by atoms with Crippen molar-refractivity contribution in [1.29, 1.82) is 0 Å². The quantitative estimate of drug-likeness (QED) is 0.711. The van der Waals surface area contributed by atoms with Crippen LogP contribution in [0.3, 0.4) is 0 Å². The molecule has 0 aliphatic carbocycles. The van der Waals surface area contributed by atoms with Gasteiger partial charge in [0, 0.05) is 16.2 Å². The van der Waals surface area contributed by atoms with Crippen LogP contribution in [-0.2, 0) is 5.75 Å². The molecule has 0 radical (unpaired) electrons. The molecular weight excluding hydrogens is 290 g/mol. The Hall–Kier alpha value is -2.07. The first kappa shape index (κ1) is 14.9. The maximum Gasteiger partial charge on any atom is 0.155 e. The van der Waals surface area contributed by atoms with E-state index in [2.05, 4.69) is 72.4 Å². The summed E-state index contributed by atoms with van der Waals surface area (Å²) in [4.78, 5) is 5.55. The molecule has 0 unspecified atom stereocenters. The molecule has 0 fully saturated rings. The van der Waals surface area contributed by atoms with Gasteiger partial charge >= 0.3 is 0 Å². The molecule has 0 atom stereocenters. The third-order valence-electron chi connectivity index (χ3n) is 3.82. The van der Waals surface area contributed by atoms with E-state index in [4.69, 9.17) is 0 Å². The lowest BCUT2D eigenvalue weighted by Gasteiger charge is -2.11. The maximum atomic E-state index is 4.25. The highest BCUT2D eigenvalue weighted by Crippen LogP contribution is 2.31. The molecular formula is C18H19N3S. The predicted molar refractivity (Wildman–Crippen MR) is 92.0 cm³/mol. The van der Waals surface area contributed by atoms with Crippen LogP contribution in [-0.4, -0.2) is 15.2 Å². The van der Waals surface area contributed by atoms with Crippen molar-refractivity contribution in [1.82, 2.24) is 15.2 Å². The Labute approximate surface area is 135 Å². The first-order valence-corrected chi connectivity index (χ1v) is 8.27. The second-order valence-corrected chi connectivity index (χ2v) is 6.54. The topological polar surface area (TPSA) is 41.6 Å². The monoisotopic (exact) mass is 309 g/mol. The third-order valence-corrected chi connectivity index (χ3v) is 5.04. The zero-order chi connectivity index (χ0) is 15.5. The smallest absolute Gasteiger partial charge is 0.155 e. The molecule has 0 bridgehead atoms. The first-order chi connectivity index (χ1) is 10.6. The highest BCUT2D eigenvalue weighted by molar-refractivity contribution is 7.98. The summed E-state index contributed by atoms with van der Waals surface area (Å²) >= 11 is 1.87. The van der Waals surface area contributed by atoms with Crippen LogP contribution in [0.2, 0.25) is 0 Å². The number of benzene rings is 2. The van der Waals surface area contributed by atoms with Gasteiger partial charge in [0.1, 0.15) is 6.33 Å². The second-order valence-electron chi connectivity index (χ2n) is 5.52. The highest BCUT2D eigenvalue weighted by atomic mass is 32.2. The van der Waals surface area contributed by atoms with Crippen LogP contribution in [0.25, 0.3) is 11.4 Å². The average Bonchev–Trinajstić information content (AvgIpc) is 3.04. The van der Waals surface area contributed by atoms with Crippen LogP contribution in [0.4, 0.5) is 0 Å². The van der Waals surface area contributed by atoms with Gasteiger partial charge in [-0.3, -0.25) is 5.10 Å². The minimum absolute atomic E-state index is 0.820. The third kappa shape index (κ3) is 3.22. The number of aromatic nitrogens is 3. The number of thioether (sulfide) groups is 1. The molecule has 1 N–H and O–H groups in total. The molecule has 0 amide bonds. The van der Waals surface area contributed by atoms with E-state index >= 15 is 0 Å². The summed E-state index contributed by atoms with van der Waals surface area (Å²) < 4.78 is 0. The number of nitrogens with one attached hydrogen (secondary N) is 1. The van der Waals surface area contributed by atoms with Gasteiger partial charge in [-0.05, 0) is 49.6 Å². The summed E-state index contributed by atoms with van der Waals surface area (Å²) in [6.07, 6.45) is 1.55. The fraction of sp³-hybridized carbons (Fsp3) is 0.222. The number of hydrogen-bond donors (Lipinski definition) is 1. The van der Waals surface area contributed by atoms with E-state index in [-0.39, 0.29) is 0 Å². The van der Waals surface area contributed by atoms with Crippen molar-refractivity contribution in [3.63, 3.8) is 0 Å². The van der Waals surface area contributed by atoms with E-state index in [1.807, 2.05) is 11.8 Å². The fourth-order valence-corrected chi connectivity index (χ4v) is 3.41. The Bertz CT molecular complexity index is 762. The van der Waals surface area contributed by atoms with Crippen molar-refractivity contribution < 1.29 is 0 Å². The van der Waals surface area contributed by atoms with Crippen molar-refractivity contribution in [2.75, 3.05) is 0 Å². The normalized spacial score (nSPS) is 10.9. The van der Waals surface area contributed by atoms with Crippen LogP contribution in [0, 0.1) is 20.8 Å². The SMILES string of the molecule is Cc1ccc(CSc2cc(-c3ncn[nH]3)cc(C)c2C)cc1. The number of aromatic amines is 1. The van der Waals surface area contributed by atoms with E-state index in [0.717, 1.165) is 17.1 Å². The summed E-state index contributed by atoms with van der Waals surface area (Å²) in [6.45, 7) is 6.44. The Morgan fingerprint density at radius 1 is 1.05 bits per heavy atom. The highest BCUT2D eigenvalue weighted by Gasteiger charge is 2.09. The minimum Gasteiger partial charge on any atom is -0.259 e. The van der Waals surface area contributed by atoms with Crippen molar-refractivity contribution in [2.24, 2.45) is 0 Å². The Morgan fingerprint density at radius 2 is 1.82 bits per heavy atom. The molecule has 1 heterocycles. The molecule has 3 aromatic rings. The van der Waals surface area contributed by atoms with Gasteiger partial charge in [0.25, 0.3) is 0 Å². The molecule has 112 valence electrons. The van der Waals surface area contributed by atoms with E-state index in [0.29, 0.717) is 0 Å². The summed E-state index contributed by atoms with van der Waals surface area (Å²) in [5.41, 5.74) is 6.35.